The number of phenolic OH excluding ortho intramolecular Hbond substituents is 1. The topological polar surface area (TPSA) is 71.0 Å². The van der Waals surface area contributed by atoms with E-state index >= 15 is 0 Å². The van der Waals surface area contributed by atoms with E-state index in [-0.39, 0.29) is 17.6 Å². The third-order valence-electron chi connectivity index (χ3n) is 6.14. The summed E-state index contributed by atoms with van der Waals surface area (Å²) in [6, 6.07) is 20.9. The van der Waals surface area contributed by atoms with E-state index < -0.39 is 0 Å². The van der Waals surface area contributed by atoms with Crippen LogP contribution in [0.4, 0.5) is 5.69 Å². The molecule has 1 fully saturated rings. The van der Waals surface area contributed by atoms with Gasteiger partial charge >= 0.3 is 0 Å². The minimum atomic E-state index is -0.115. The monoisotopic (exact) mass is 446 g/mol. The number of amides is 1. The van der Waals surface area contributed by atoms with Gasteiger partial charge in [-0.3, -0.25) is 9.69 Å². The average molecular weight is 447 g/mol. The van der Waals surface area contributed by atoms with E-state index in [4.69, 9.17) is 9.47 Å². The highest BCUT2D eigenvalue weighted by Crippen LogP contribution is 2.31. The van der Waals surface area contributed by atoms with Crippen LogP contribution in [0, 0.1) is 5.92 Å². The number of aromatic hydroxyl groups is 1. The van der Waals surface area contributed by atoms with Gasteiger partial charge in [0.25, 0.3) is 0 Å². The molecular weight excluding hydrogens is 416 g/mol. The van der Waals surface area contributed by atoms with Crippen molar-refractivity contribution in [2.45, 2.75) is 19.4 Å². The first-order valence-corrected chi connectivity index (χ1v) is 11.2. The standard InChI is InChI=1S/C27H30N2O4/c1-32-22-11-9-19(10-12-22)24-7-3-4-8-25(24)28-27(31)20-6-5-15-29(17-20)18-21-16-23(33-2)13-14-26(21)30/h3-4,7-14,16,20,30H,5-6,15,17-18H2,1-2H3,(H,28,31)/t20-/m0/s1. The van der Waals surface area contributed by atoms with Crippen LogP contribution in [0.3, 0.4) is 0 Å². The fourth-order valence-electron chi connectivity index (χ4n) is 4.32. The third-order valence-corrected chi connectivity index (χ3v) is 6.14. The summed E-state index contributed by atoms with van der Waals surface area (Å²) in [5, 5.41) is 13.4. The summed E-state index contributed by atoms with van der Waals surface area (Å²) in [6.45, 7) is 2.12. The smallest absolute Gasteiger partial charge is 0.228 e. The van der Waals surface area contributed by atoms with E-state index in [0.29, 0.717) is 18.8 Å². The molecule has 1 heterocycles. The highest BCUT2D eigenvalue weighted by atomic mass is 16.5. The predicted octanol–water partition coefficient (Wildman–Crippen LogP) is 4.93. The van der Waals surface area contributed by atoms with Crippen molar-refractivity contribution in [2.24, 2.45) is 5.92 Å². The molecule has 1 aliphatic rings. The Hall–Kier alpha value is -3.51. The summed E-state index contributed by atoms with van der Waals surface area (Å²) >= 11 is 0. The van der Waals surface area contributed by atoms with Crippen molar-refractivity contribution in [1.82, 2.24) is 4.90 Å². The minimum absolute atomic E-state index is 0.0236. The molecule has 0 saturated carbocycles. The summed E-state index contributed by atoms with van der Waals surface area (Å²) in [6.07, 6.45) is 1.78. The van der Waals surface area contributed by atoms with Gasteiger partial charge in [0.1, 0.15) is 17.2 Å². The van der Waals surface area contributed by atoms with E-state index in [1.165, 1.54) is 0 Å². The summed E-state index contributed by atoms with van der Waals surface area (Å²) in [5.41, 5.74) is 3.60. The van der Waals surface area contributed by atoms with Crippen LogP contribution in [0.15, 0.2) is 66.7 Å². The van der Waals surface area contributed by atoms with Gasteiger partial charge in [0, 0.05) is 29.9 Å². The van der Waals surface area contributed by atoms with Crippen LogP contribution in [0.1, 0.15) is 18.4 Å². The number of ether oxygens (including phenoxy) is 2. The second-order valence-electron chi connectivity index (χ2n) is 8.33. The normalized spacial score (nSPS) is 16.2. The molecule has 0 aliphatic carbocycles. The van der Waals surface area contributed by atoms with E-state index in [2.05, 4.69) is 10.2 Å². The maximum Gasteiger partial charge on any atom is 0.228 e. The van der Waals surface area contributed by atoms with Crippen molar-refractivity contribution in [3.63, 3.8) is 0 Å². The second-order valence-corrected chi connectivity index (χ2v) is 8.33. The maximum absolute atomic E-state index is 13.2. The Morgan fingerprint density at radius 1 is 1.03 bits per heavy atom. The lowest BCUT2D eigenvalue weighted by molar-refractivity contribution is -0.121. The molecule has 1 saturated heterocycles. The number of carbonyl (C=O) groups is 1. The Labute approximate surface area is 194 Å². The number of para-hydroxylation sites is 1. The number of methoxy groups -OCH3 is 2. The summed E-state index contributed by atoms with van der Waals surface area (Å²) in [4.78, 5) is 15.4. The van der Waals surface area contributed by atoms with Crippen molar-refractivity contribution in [2.75, 3.05) is 32.6 Å². The molecule has 3 aromatic carbocycles. The summed E-state index contributed by atoms with van der Waals surface area (Å²) < 4.78 is 10.5. The van der Waals surface area contributed by atoms with Crippen LogP contribution < -0.4 is 14.8 Å². The molecule has 0 aromatic heterocycles. The maximum atomic E-state index is 13.2. The fraction of sp³-hybridized carbons (Fsp3) is 0.296. The van der Waals surface area contributed by atoms with E-state index in [1.807, 2.05) is 54.6 Å². The first-order chi connectivity index (χ1) is 16.1. The second kappa shape index (κ2) is 10.4. The van der Waals surface area contributed by atoms with Gasteiger partial charge in [-0.1, -0.05) is 30.3 Å². The molecule has 0 spiro atoms. The number of hydrogen-bond acceptors (Lipinski definition) is 5. The number of nitrogens with zero attached hydrogens (tertiary/aromatic N) is 1. The predicted molar refractivity (Wildman–Crippen MR) is 130 cm³/mol. The molecule has 1 atom stereocenters. The Morgan fingerprint density at radius 3 is 2.52 bits per heavy atom. The number of benzene rings is 3. The van der Waals surface area contributed by atoms with Crippen LogP contribution in [0.5, 0.6) is 17.2 Å². The van der Waals surface area contributed by atoms with Gasteiger partial charge < -0.3 is 19.9 Å². The van der Waals surface area contributed by atoms with Gasteiger partial charge in [-0.15, -0.1) is 0 Å². The molecule has 3 aromatic rings. The van der Waals surface area contributed by atoms with Crippen molar-refractivity contribution in [3.8, 4) is 28.4 Å². The van der Waals surface area contributed by atoms with Crippen molar-refractivity contribution < 1.29 is 19.4 Å². The zero-order valence-electron chi connectivity index (χ0n) is 19.1. The summed E-state index contributed by atoms with van der Waals surface area (Å²) in [7, 11) is 3.26. The number of phenols is 1. The van der Waals surface area contributed by atoms with Gasteiger partial charge in [0.15, 0.2) is 0 Å². The van der Waals surface area contributed by atoms with Crippen molar-refractivity contribution >= 4 is 11.6 Å². The average Bonchev–Trinajstić information content (AvgIpc) is 2.86. The number of carbonyl (C=O) groups excluding carboxylic acids is 1. The molecule has 172 valence electrons. The number of piperidine rings is 1. The van der Waals surface area contributed by atoms with E-state index in [9.17, 15) is 9.90 Å². The van der Waals surface area contributed by atoms with Crippen molar-refractivity contribution in [1.29, 1.82) is 0 Å². The Balaban J connectivity index is 1.45. The Morgan fingerprint density at radius 2 is 1.76 bits per heavy atom. The van der Waals surface area contributed by atoms with Gasteiger partial charge in [-0.05, 0) is 61.3 Å². The first kappa shape index (κ1) is 22.7. The molecule has 6 nitrogen and oxygen atoms in total. The summed E-state index contributed by atoms with van der Waals surface area (Å²) in [5.74, 6) is 1.66. The molecule has 6 heteroatoms. The molecule has 0 unspecified atom stereocenters. The van der Waals surface area contributed by atoms with E-state index in [0.717, 1.165) is 47.5 Å². The number of rotatable bonds is 7. The lowest BCUT2D eigenvalue weighted by Gasteiger charge is -2.32. The zero-order chi connectivity index (χ0) is 23.2. The van der Waals surface area contributed by atoms with Crippen LogP contribution in [-0.4, -0.2) is 43.2 Å². The molecule has 0 radical (unpaired) electrons. The molecule has 33 heavy (non-hydrogen) atoms. The zero-order valence-corrected chi connectivity index (χ0v) is 19.1. The molecular formula is C27H30N2O4. The fourth-order valence-corrected chi connectivity index (χ4v) is 4.32. The van der Waals surface area contributed by atoms with Crippen molar-refractivity contribution in [3.05, 3.63) is 72.3 Å². The third kappa shape index (κ3) is 5.46. The molecule has 1 amide bonds. The largest absolute Gasteiger partial charge is 0.508 e. The minimum Gasteiger partial charge on any atom is -0.508 e. The number of anilines is 1. The first-order valence-electron chi connectivity index (χ1n) is 11.2. The van der Waals surface area contributed by atoms with Crippen LogP contribution in [0.2, 0.25) is 0 Å². The van der Waals surface area contributed by atoms with Crippen LogP contribution in [0.25, 0.3) is 11.1 Å². The number of likely N-dealkylation sites (tertiary alicyclic amines) is 1. The Bertz CT molecular complexity index is 1100. The SMILES string of the molecule is COc1ccc(-c2ccccc2NC(=O)[C@H]2CCCN(Cc3cc(OC)ccc3O)C2)cc1. The number of hydrogen-bond donors (Lipinski definition) is 2. The Kier molecular flexibility index (Phi) is 7.15. The number of nitrogens with one attached hydrogen (secondary N) is 1. The highest BCUT2D eigenvalue weighted by Gasteiger charge is 2.27. The van der Waals surface area contributed by atoms with Crippen LogP contribution in [-0.2, 0) is 11.3 Å². The molecule has 4 rings (SSSR count). The lowest BCUT2D eigenvalue weighted by atomic mass is 9.96. The molecule has 1 aliphatic heterocycles. The quantitative estimate of drug-likeness (QED) is 0.539. The van der Waals surface area contributed by atoms with Gasteiger partial charge in [-0.2, -0.15) is 0 Å². The van der Waals surface area contributed by atoms with Crippen LogP contribution >= 0.6 is 0 Å². The van der Waals surface area contributed by atoms with Gasteiger partial charge in [-0.25, -0.2) is 0 Å². The molecule has 2 N–H and O–H groups in total. The lowest BCUT2D eigenvalue weighted by Crippen LogP contribution is -2.40. The van der Waals surface area contributed by atoms with E-state index in [1.54, 1.807) is 26.4 Å². The van der Waals surface area contributed by atoms with Gasteiger partial charge in [0.2, 0.25) is 5.91 Å². The van der Waals surface area contributed by atoms with Gasteiger partial charge in [0.05, 0.1) is 20.1 Å². The molecule has 0 bridgehead atoms. The highest BCUT2D eigenvalue weighted by molar-refractivity contribution is 5.97.